The molecule has 3 aromatic rings. The second-order valence-electron chi connectivity index (χ2n) is 9.56. The molecule has 0 bridgehead atoms. The highest BCUT2D eigenvalue weighted by Gasteiger charge is 2.22. The molecule has 1 amide bonds. The van der Waals surface area contributed by atoms with Gasteiger partial charge in [-0.1, -0.05) is 38.5 Å². The Balaban J connectivity index is 1.42. The van der Waals surface area contributed by atoms with Gasteiger partial charge in [-0.15, -0.1) is 11.3 Å². The van der Waals surface area contributed by atoms with E-state index in [4.69, 9.17) is 9.84 Å². The van der Waals surface area contributed by atoms with Gasteiger partial charge in [-0.3, -0.25) is 9.69 Å². The van der Waals surface area contributed by atoms with E-state index in [-0.39, 0.29) is 17.7 Å². The van der Waals surface area contributed by atoms with Crippen LogP contribution in [0, 0.1) is 6.92 Å². The van der Waals surface area contributed by atoms with E-state index in [9.17, 15) is 4.79 Å². The van der Waals surface area contributed by atoms with Crippen molar-refractivity contribution in [1.29, 1.82) is 0 Å². The number of benzene rings is 1. The summed E-state index contributed by atoms with van der Waals surface area (Å²) in [6, 6.07) is 10.1. The maximum absolute atomic E-state index is 12.9. The number of carbonyl (C=O) groups excluding carboxylic acids is 1. The van der Waals surface area contributed by atoms with Gasteiger partial charge in [-0.2, -0.15) is 5.10 Å². The van der Waals surface area contributed by atoms with Gasteiger partial charge in [0.25, 0.3) is 0 Å². The normalized spacial score (nSPS) is 15.0. The van der Waals surface area contributed by atoms with E-state index in [0.29, 0.717) is 5.82 Å². The topological polar surface area (TPSA) is 72.3 Å². The Kier molecular flexibility index (Phi) is 7.26. The molecular weight excluding hydrogens is 434 g/mol. The van der Waals surface area contributed by atoms with Crippen LogP contribution in [-0.4, -0.2) is 58.4 Å². The summed E-state index contributed by atoms with van der Waals surface area (Å²) in [6.07, 6.45) is 3.11. The first-order valence-electron chi connectivity index (χ1n) is 11.5. The minimum Gasteiger partial charge on any atom is -0.379 e. The zero-order valence-electron chi connectivity index (χ0n) is 19.9. The van der Waals surface area contributed by atoms with Crippen LogP contribution in [0.5, 0.6) is 0 Å². The molecule has 1 saturated heterocycles. The van der Waals surface area contributed by atoms with E-state index in [1.807, 2.05) is 41.2 Å². The number of rotatable bonds is 7. The maximum Gasteiger partial charge on any atom is 0.232 e. The maximum atomic E-state index is 12.9. The van der Waals surface area contributed by atoms with Crippen LogP contribution in [0.2, 0.25) is 0 Å². The highest BCUT2D eigenvalue weighted by Crippen LogP contribution is 2.27. The molecule has 0 atom stereocenters. The summed E-state index contributed by atoms with van der Waals surface area (Å²) >= 11 is 1.62. The summed E-state index contributed by atoms with van der Waals surface area (Å²) in [6.45, 7) is 13.0. The largest absolute Gasteiger partial charge is 0.379 e. The lowest BCUT2D eigenvalue weighted by atomic mass is 9.92. The first-order chi connectivity index (χ1) is 15.8. The van der Waals surface area contributed by atoms with E-state index in [2.05, 4.69) is 42.9 Å². The fourth-order valence-electron chi connectivity index (χ4n) is 3.68. The molecule has 33 heavy (non-hydrogen) atoms. The van der Waals surface area contributed by atoms with Gasteiger partial charge in [-0.25, -0.2) is 9.67 Å². The van der Waals surface area contributed by atoms with E-state index in [1.54, 1.807) is 11.3 Å². The second-order valence-corrected chi connectivity index (χ2v) is 10.8. The Hall–Kier alpha value is -2.55. The van der Waals surface area contributed by atoms with Gasteiger partial charge in [0.15, 0.2) is 0 Å². The second kappa shape index (κ2) is 10.2. The molecule has 2 aromatic heterocycles. The highest BCUT2D eigenvalue weighted by atomic mass is 32.1. The summed E-state index contributed by atoms with van der Waals surface area (Å²) in [5, 5.41) is 8.69. The Morgan fingerprint density at radius 1 is 1.18 bits per heavy atom. The fourth-order valence-corrected chi connectivity index (χ4v) is 4.59. The third-order valence-electron chi connectivity index (χ3n) is 5.72. The molecule has 3 heterocycles. The van der Waals surface area contributed by atoms with Crippen molar-refractivity contribution in [3.05, 3.63) is 57.7 Å². The summed E-state index contributed by atoms with van der Waals surface area (Å²) in [7, 11) is 0. The van der Waals surface area contributed by atoms with Gasteiger partial charge in [0, 0.05) is 42.2 Å². The first kappa shape index (κ1) is 23.6. The van der Waals surface area contributed by atoms with Crippen LogP contribution in [0.4, 0.5) is 5.82 Å². The van der Waals surface area contributed by atoms with E-state index < -0.39 is 0 Å². The van der Waals surface area contributed by atoms with Crippen LogP contribution in [0.1, 0.15) is 41.9 Å². The number of morpholine rings is 1. The summed E-state index contributed by atoms with van der Waals surface area (Å²) in [5.74, 6) is 0.593. The number of aryl methyl sites for hydroxylation is 1. The lowest BCUT2D eigenvalue weighted by molar-refractivity contribution is -0.115. The third-order valence-corrected chi connectivity index (χ3v) is 6.77. The van der Waals surface area contributed by atoms with Gasteiger partial charge < -0.3 is 10.1 Å². The Labute approximate surface area is 199 Å². The number of amides is 1. The van der Waals surface area contributed by atoms with Gasteiger partial charge in [0.2, 0.25) is 5.91 Å². The lowest BCUT2D eigenvalue weighted by Gasteiger charge is -2.26. The average Bonchev–Trinajstić information content (AvgIpc) is 3.40. The summed E-state index contributed by atoms with van der Waals surface area (Å²) in [4.78, 5) is 21.0. The van der Waals surface area contributed by atoms with Crippen molar-refractivity contribution in [2.75, 3.05) is 38.2 Å². The van der Waals surface area contributed by atoms with Crippen LogP contribution in [0.25, 0.3) is 5.69 Å². The number of anilines is 1. The predicted octanol–water partition coefficient (Wildman–Crippen LogP) is 3.99. The third kappa shape index (κ3) is 6.28. The number of thiazole rings is 1. The molecule has 0 saturated carbocycles. The molecular formula is C25H33N5O2S. The Bertz CT molecular complexity index is 1080. The molecule has 0 spiro atoms. The van der Waals surface area contributed by atoms with Gasteiger partial charge >= 0.3 is 0 Å². The SMILES string of the molecule is Cc1ccc(-n2nc(C(C)(C)C)cc2NC(=O)Cc2ncc(CCN3CCOCC3)s2)cc1. The fraction of sp³-hybridized carbons (Fsp3) is 0.480. The minimum atomic E-state index is -0.125. The number of nitrogens with zero attached hydrogens (tertiary/aromatic N) is 4. The molecule has 1 aromatic carbocycles. The quantitative estimate of drug-likeness (QED) is 0.569. The number of hydrogen-bond donors (Lipinski definition) is 1. The van der Waals surface area contributed by atoms with E-state index >= 15 is 0 Å². The average molecular weight is 468 g/mol. The van der Waals surface area contributed by atoms with Crippen LogP contribution >= 0.6 is 11.3 Å². The zero-order valence-corrected chi connectivity index (χ0v) is 20.7. The first-order valence-corrected chi connectivity index (χ1v) is 12.3. The number of nitrogens with one attached hydrogen (secondary N) is 1. The number of aromatic nitrogens is 3. The number of ether oxygens (including phenoxy) is 1. The summed E-state index contributed by atoms with van der Waals surface area (Å²) in [5.41, 5.74) is 2.91. The number of hydrogen-bond acceptors (Lipinski definition) is 6. The number of carbonyl (C=O) groups is 1. The smallest absolute Gasteiger partial charge is 0.232 e. The molecule has 1 fully saturated rings. The van der Waals surface area contributed by atoms with E-state index in [0.717, 1.165) is 55.7 Å². The lowest BCUT2D eigenvalue weighted by Crippen LogP contribution is -2.37. The molecule has 1 aliphatic heterocycles. The monoisotopic (exact) mass is 467 g/mol. The van der Waals surface area contributed by atoms with Crippen LogP contribution < -0.4 is 5.32 Å². The standard InChI is InChI=1S/C25H33N5O2S/c1-18-5-7-19(8-6-18)30-22(15-21(28-30)25(2,3)4)27-23(31)16-24-26-17-20(33-24)9-10-29-11-13-32-14-12-29/h5-8,15,17H,9-14,16H2,1-4H3,(H,27,31). The molecule has 1 aliphatic rings. The van der Waals surface area contributed by atoms with Gasteiger partial charge in [0.05, 0.1) is 31.0 Å². The van der Waals surface area contributed by atoms with Crippen molar-refractivity contribution in [2.45, 2.75) is 46.0 Å². The molecule has 1 N–H and O–H groups in total. The minimum absolute atomic E-state index is 0.0854. The summed E-state index contributed by atoms with van der Waals surface area (Å²) < 4.78 is 7.22. The highest BCUT2D eigenvalue weighted by molar-refractivity contribution is 7.11. The van der Waals surface area contributed by atoms with Crippen molar-refractivity contribution in [2.24, 2.45) is 0 Å². The Morgan fingerprint density at radius 2 is 1.91 bits per heavy atom. The van der Waals surface area contributed by atoms with Crippen molar-refractivity contribution < 1.29 is 9.53 Å². The Morgan fingerprint density at radius 3 is 2.61 bits per heavy atom. The molecule has 0 aliphatic carbocycles. The molecule has 4 rings (SSSR count). The van der Waals surface area contributed by atoms with E-state index in [1.165, 1.54) is 10.4 Å². The van der Waals surface area contributed by atoms with Gasteiger partial charge in [0.1, 0.15) is 10.8 Å². The van der Waals surface area contributed by atoms with Crippen LogP contribution in [-0.2, 0) is 27.8 Å². The predicted molar refractivity (Wildman–Crippen MR) is 132 cm³/mol. The van der Waals surface area contributed by atoms with Crippen molar-refractivity contribution in [1.82, 2.24) is 19.7 Å². The molecule has 0 radical (unpaired) electrons. The molecule has 8 heteroatoms. The van der Waals surface area contributed by atoms with Gasteiger partial charge in [-0.05, 0) is 25.5 Å². The van der Waals surface area contributed by atoms with Crippen LogP contribution in [0.15, 0.2) is 36.5 Å². The van der Waals surface area contributed by atoms with Crippen molar-refractivity contribution in [3.63, 3.8) is 0 Å². The van der Waals surface area contributed by atoms with Crippen molar-refractivity contribution in [3.8, 4) is 5.69 Å². The molecule has 0 unspecified atom stereocenters. The van der Waals surface area contributed by atoms with Crippen LogP contribution in [0.3, 0.4) is 0 Å². The molecule has 176 valence electrons. The zero-order chi connectivity index (χ0) is 23.4. The molecule has 7 nitrogen and oxygen atoms in total. The van der Waals surface area contributed by atoms with Crippen molar-refractivity contribution >= 4 is 23.1 Å².